The summed E-state index contributed by atoms with van der Waals surface area (Å²) in [5, 5.41) is 0. The lowest BCUT2D eigenvalue weighted by Gasteiger charge is -2.39. The van der Waals surface area contributed by atoms with E-state index in [0.29, 0.717) is 0 Å². The molecule has 0 bridgehead atoms. The second-order valence-corrected chi connectivity index (χ2v) is 5.89. The highest BCUT2D eigenvalue weighted by atomic mass is 19.3. The van der Waals surface area contributed by atoms with Crippen molar-refractivity contribution in [3.05, 3.63) is 35.9 Å². The van der Waals surface area contributed by atoms with E-state index in [1.54, 1.807) is 0 Å². The van der Waals surface area contributed by atoms with Gasteiger partial charge in [0.2, 0.25) is 0 Å². The number of piperidine rings is 1. The fraction of sp³-hybridized carbons (Fsp3) is 0.600. The molecule has 19 heavy (non-hydrogen) atoms. The Morgan fingerprint density at radius 1 is 1.21 bits per heavy atom. The van der Waals surface area contributed by atoms with Gasteiger partial charge in [0.1, 0.15) is 5.54 Å². The van der Waals surface area contributed by atoms with Crippen molar-refractivity contribution in [1.29, 1.82) is 0 Å². The van der Waals surface area contributed by atoms with Gasteiger partial charge in [0.15, 0.2) is 0 Å². The normalized spacial score (nSPS) is 34.2. The van der Waals surface area contributed by atoms with Crippen LogP contribution in [0.15, 0.2) is 30.3 Å². The van der Waals surface area contributed by atoms with Crippen LogP contribution < -0.4 is 5.73 Å². The van der Waals surface area contributed by atoms with Gasteiger partial charge in [0, 0.05) is 19.0 Å². The lowest BCUT2D eigenvalue weighted by Crippen LogP contribution is -2.54. The summed E-state index contributed by atoms with van der Waals surface area (Å²) in [5.41, 5.74) is 5.83. The molecule has 3 rings (SSSR count). The third kappa shape index (κ3) is 2.28. The molecular formula is C15H20F2N2. The maximum atomic E-state index is 13.5. The highest BCUT2D eigenvalue weighted by Gasteiger charge is 2.73. The number of hydrogen-bond donors (Lipinski definition) is 1. The molecule has 1 heterocycles. The minimum Gasteiger partial charge on any atom is -0.319 e. The van der Waals surface area contributed by atoms with Crippen molar-refractivity contribution in [2.24, 2.45) is 5.73 Å². The molecule has 2 aliphatic rings. The largest absolute Gasteiger partial charge is 0.319 e. The van der Waals surface area contributed by atoms with Crippen molar-refractivity contribution < 1.29 is 8.78 Å². The maximum Gasteiger partial charge on any atom is 0.269 e. The minimum atomic E-state index is -2.68. The number of hydrogen-bond acceptors (Lipinski definition) is 2. The zero-order valence-electron chi connectivity index (χ0n) is 11.0. The third-order valence-electron chi connectivity index (χ3n) is 4.51. The first-order valence-electron chi connectivity index (χ1n) is 6.98. The van der Waals surface area contributed by atoms with E-state index in [0.717, 1.165) is 32.4 Å². The molecule has 104 valence electrons. The van der Waals surface area contributed by atoms with Crippen molar-refractivity contribution in [2.45, 2.75) is 49.7 Å². The van der Waals surface area contributed by atoms with Gasteiger partial charge in [-0.3, -0.25) is 4.90 Å². The summed E-state index contributed by atoms with van der Waals surface area (Å²) >= 11 is 0. The number of nitrogens with two attached hydrogens (primary N) is 1. The van der Waals surface area contributed by atoms with Crippen molar-refractivity contribution in [1.82, 2.24) is 4.90 Å². The number of nitrogens with zero attached hydrogens (tertiary/aromatic N) is 1. The Morgan fingerprint density at radius 3 is 2.53 bits per heavy atom. The van der Waals surface area contributed by atoms with Crippen LogP contribution >= 0.6 is 0 Å². The van der Waals surface area contributed by atoms with Crippen LogP contribution in [0.1, 0.15) is 31.2 Å². The topological polar surface area (TPSA) is 29.3 Å². The molecule has 2 unspecified atom stereocenters. The molecule has 2 fully saturated rings. The van der Waals surface area contributed by atoms with Gasteiger partial charge in [0.05, 0.1) is 0 Å². The van der Waals surface area contributed by atoms with Crippen LogP contribution in [0.4, 0.5) is 8.78 Å². The van der Waals surface area contributed by atoms with Gasteiger partial charge in [-0.1, -0.05) is 36.8 Å². The molecule has 0 spiro atoms. The molecule has 1 saturated carbocycles. The molecule has 0 radical (unpaired) electrons. The molecular weight excluding hydrogens is 246 g/mol. The van der Waals surface area contributed by atoms with Crippen LogP contribution in [0, 0.1) is 0 Å². The fourth-order valence-corrected chi connectivity index (χ4v) is 3.27. The molecule has 2 N–H and O–H groups in total. The van der Waals surface area contributed by atoms with Crippen LogP contribution in [0.3, 0.4) is 0 Å². The lowest BCUT2D eigenvalue weighted by atomic mass is 9.93. The van der Waals surface area contributed by atoms with Gasteiger partial charge in [0.25, 0.3) is 5.92 Å². The third-order valence-corrected chi connectivity index (χ3v) is 4.51. The van der Waals surface area contributed by atoms with Crippen molar-refractivity contribution in [3.63, 3.8) is 0 Å². The first kappa shape index (κ1) is 13.0. The van der Waals surface area contributed by atoms with Gasteiger partial charge in [-0.05, 0) is 24.9 Å². The average molecular weight is 266 g/mol. The van der Waals surface area contributed by atoms with E-state index in [1.165, 1.54) is 5.56 Å². The van der Waals surface area contributed by atoms with Gasteiger partial charge in [-0.2, -0.15) is 0 Å². The SMILES string of the molecule is NC1(C2CCCCN2Cc2ccccc2)CC1(F)F. The number of halogens is 2. The second-order valence-electron chi connectivity index (χ2n) is 5.89. The summed E-state index contributed by atoms with van der Waals surface area (Å²) in [5.74, 6) is -2.68. The Bertz CT molecular complexity index is 449. The first-order valence-corrected chi connectivity index (χ1v) is 6.98. The van der Waals surface area contributed by atoms with Crippen molar-refractivity contribution in [3.8, 4) is 0 Å². The standard InChI is InChI=1S/C15H20F2N2/c16-15(17)11-14(15,18)13-8-4-5-9-19(13)10-12-6-2-1-3-7-12/h1-3,6-7,13H,4-5,8-11,18H2. The van der Waals surface area contributed by atoms with E-state index in [4.69, 9.17) is 5.73 Å². The summed E-state index contributed by atoms with van der Waals surface area (Å²) < 4.78 is 27.1. The molecule has 1 aromatic rings. The van der Waals surface area contributed by atoms with Crippen LogP contribution in [0.2, 0.25) is 0 Å². The Labute approximate surface area is 112 Å². The minimum absolute atomic E-state index is 0.157. The lowest BCUT2D eigenvalue weighted by molar-refractivity contribution is 0.0324. The van der Waals surface area contributed by atoms with Crippen LogP contribution in [0.25, 0.3) is 0 Å². The predicted molar refractivity (Wildman–Crippen MR) is 71.0 cm³/mol. The van der Waals surface area contributed by atoms with Crippen molar-refractivity contribution in [2.75, 3.05) is 6.54 Å². The van der Waals surface area contributed by atoms with E-state index in [-0.39, 0.29) is 12.5 Å². The Morgan fingerprint density at radius 2 is 1.89 bits per heavy atom. The van der Waals surface area contributed by atoms with Crippen LogP contribution in [0.5, 0.6) is 0 Å². The summed E-state index contributed by atoms with van der Waals surface area (Å²) in [6, 6.07) is 9.84. The van der Waals surface area contributed by atoms with Gasteiger partial charge < -0.3 is 5.73 Å². The molecule has 1 aromatic carbocycles. The summed E-state index contributed by atoms with van der Waals surface area (Å²) in [6.45, 7) is 1.59. The molecule has 0 amide bonds. The molecule has 2 atom stereocenters. The fourth-order valence-electron chi connectivity index (χ4n) is 3.27. The van der Waals surface area contributed by atoms with Gasteiger partial charge in [-0.15, -0.1) is 0 Å². The molecule has 1 saturated heterocycles. The Kier molecular flexibility index (Phi) is 3.10. The molecule has 1 aliphatic heterocycles. The Balaban J connectivity index is 1.75. The Hall–Kier alpha value is -1.00. The van der Waals surface area contributed by atoms with Gasteiger partial charge in [-0.25, -0.2) is 8.78 Å². The molecule has 1 aliphatic carbocycles. The number of benzene rings is 1. The van der Waals surface area contributed by atoms with Crippen molar-refractivity contribution >= 4 is 0 Å². The summed E-state index contributed by atoms with van der Waals surface area (Å²) in [4.78, 5) is 2.15. The zero-order valence-corrected chi connectivity index (χ0v) is 11.0. The van der Waals surface area contributed by atoms with Crippen LogP contribution in [-0.2, 0) is 6.54 Å². The zero-order chi connectivity index (χ0) is 13.5. The van der Waals surface area contributed by atoms with E-state index < -0.39 is 11.5 Å². The van der Waals surface area contributed by atoms with E-state index in [9.17, 15) is 8.78 Å². The van der Waals surface area contributed by atoms with E-state index >= 15 is 0 Å². The maximum absolute atomic E-state index is 13.5. The van der Waals surface area contributed by atoms with E-state index in [1.807, 2.05) is 30.3 Å². The van der Waals surface area contributed by atoms with E-state index in [2.05, 4.69) is 4.90 Å². The average Bonchev–Trinajstić information content (AvgIpc) is 2.91. The highest BCUT2D eigenvalue weighted by Crippen LogP contribution is 2.55. The second kappa shape index (κ2) is 4.53. The highest BCUT2D eigenvalue weighted by molar-refractivity contribution is 5.23. The first-order chi connectivity index (χ1) is 9.03. The quantitative estimate of drug-likeness (QED) is 0.911. The number of alkyl halides is 2. The van der Waals surface area contributed by atoms with Crippen LogP contribution in [-0.4, -0.2) is 28.9 Å². The molecule has 2 nitrogen and oxygen atoms in total. The molecule has 0 aromatic heterocycles. The molecule has 4 heteroatoms. The smallest absolute Gasteiger partial charge is 0.269 e. The predicted octanol–water partition coefficient (Wildman–Crippen LogP) is 2.78. The monoisotopic (exact) mass is 266 g/mol. The number of likely N-dealkylation sites (tertiary alicyclic amines) is 1. The summed E-state index contributed by atoms with van der Waals surface area (Å²) in [7, 11) is 0. The number of rotatable bonds is 3. The van der Waals surface area contributed by atoms with Gasteiger partial charge >= 0.3 is 0 Å². The summed E-state index contributed by atoms with van der Waals surface area (Å²) in [6.07, 6.45) is 2.71.